The molecule has 0 radical (unpaired) electrons. The van der Waals surface area contributed by atoms with Gasteiger partial charge in [0.05, 0.1) is 23.9 Å². The second kappa shape index (κ2) is 10.9. The number of rotatable bonds is 7. The summed E-state index contributed by atoms with van der Waals surface area (Å²) in [5.41, 5.74) is 4.06. The molecule has 0 aliphatic heterocycles. The van der Waals surface area contributed by atoms with Gasteiger partial charge in [-0.25, -0.2) is 10.2 Å². The summed E-state index contributed by atoms with van der Waals surface area (Å²) in [4.78, 5) is 25.3. The molecule has 0 saturated carbocycles. The van der Waals surface area contributed by atoms with Crippen molar-refractivity contribution in [3.8, 4) is 11.5 Å². The fourth-order valence-corrected chi connectivity index (χ4v) is 4.00. The Labute approximate surface area is 210 Å². The van der Waals surface area contributed by atoms with Crippen molar-refractivity contribution in [2.24, 2.45) is 5.10 Å². The number of nitrogens with zero attached hydrogens (tertiary/aromatic N) is 1. The third kappa shape index (κ3) is 5.43. The zero-order valence-electron chi connectivity index (χ0n) is 18.3. The molecule has 1 N–H and O–H groups in total. The summed E-state index contributed by atoms with van der Waals surface area (Å²) in [7, 11) is 0. The fourth-order valence-electron chi connectivity index (χ4n) is 3.37. The van der Waals surface area contributed by atoms with Crippen LogP contribution < -0.4 is 14.9 Å². The first-order valence-electron chi connectivity index (χ1n) is 10.6. The molecule has 4 aromatic rings. The summed E-state index contributed by atoms with van der Waals surface area (Å²) in [5, 5.41) is 5.94. The van der Waals surface area contributed by atoms with Crippen LogP contribution in [0.4, 0.5) is 0 Å². The lowest BCUT2D eigenvalue weighted by Gasteiger charge is -2.11. The number of esters is 1. The zero-order valence-corrected chi connectivity index (χ0v) is 20.5. The quantitative estimate of drug-likeness (QED) is 0.101. The second-order valence-electron chi connectivity index (χ2n) is 7.22. The van der Waals surface area contributed by atoms with E-state index in [-0.39, 0.29) is 5.91 Å². The number of hydrazone groups is 1. The number of fused-ring (bicyclic) bond motifs is 1. The van der Waals surface area contributed by atoms with Gasteiger partial charge in [-0.05, 0) is 82.8 Å². The van der Waals surface area contributed by atoms with Gasteiger partial charge in [-0.1, -0.05) is 42.5 Å². The number of benzene rings is 4. The minimum Gasteiger partial charge on any atom is -0.494 e. The predicted molar refractivity (Wildman–Crippen MR) is 141 cm³/mol. The van der Waals surface area contributed by atoms with E-state index in [1.807, 2.05) is 49.4 Å². The molecule has 4 rings (SSSR count). The minimum absolute atomic E-state index is 0.325. The van der Waals surface area contributed by atoms with E-state index in [1.54, 1.807) is 42.5 Å². The number of ether oxygens (including phenoxy) is 2. The van der Waals surface area contributed by atoms with Crippen LogP contribution in [-0.2, 0) is 0 Å². The first kappa shape index (κ1) is 23.4. The summed E-state index contributed by atoms with van der Waals surface area (Å²) in [6.45, 7) is 2.44. The number of carbonyl (C=O) groups excluding carboxylic acids is 2. The van der Waals surface area contributed by atoms with E-state index in [0.717, 1.165) is 14.3 Å². The van der Waals surface area contributed by atoms with Crippen LogP contribution in [0.3, 0.4) is 0 Å². The lowest BCUT2D eigenvalue weighted by atomic mass is 10.0. The molecule has 0 aromatic heterocycles. The van der Waals surface area contributed by atoms with Crippen LogP contribution in [0.1, 0.15) is 33.2 Å². The molecule has 0 heterocycles. The van der Waals surface area contributed by atoms with Gasteiger partial charge in [0.1, 0.15) is 11.5 Å². The number of nitrogens with one attached hydrogen (secondary N) is 1. The monoisotopic (exact) mass is 564 g/mol. The Morgan fingerprint density at radius 3 is 2.44 bits per heavy atom. The Morgan fingerprint density at radius 2 is 1.68 bits per heavy atom. The molecule has 7 heteroatoms. The highest BCUT2D eigenvalue weighted by Crippen LogP contribution is 2.27. The van der Waals surface area contributed by atoms with Crippen LogP contribution in [0.2, 0.25) is 0 Å². The lowest BCUT2D eigenvalue weighted by molar-refractivity contribution is 0.0734. The average Bonchev–Trinajstić information content (AvgIpc) is 2.86. The van der Waals surface area contributed by atoms with Crippen LogP contribution in [0.25, 0.3) is 10.8 Å². The minimum atomic E-state index is -0.504. The molecule has 6 nitrogen and oxygen atoms in total. The van der Waals surface area contributed by atoms with Crippen LogP contribution >= 0.6 is 22.6 Å². The van der Waals surface area contributed by atoms with E-state index in [2.05, 4.69) is 33.1 Å². The molecule has 170 valence electrons. The number of hydrogen-bond donors (Lipinski definition) is 1. The zero-order chi connectivity index (χ0) is 23.9. The van der Waals surface area contributed by atoms with Crippen LogP contribution in [-0.4, -0.2) is 24.7 Å². The standard InChI is InChI=1S/C27H21IN2O4/c1-2-33-20-14-11-19(12-15-20)27(32)34-25-16-13-18-7-3-4-8-21(18)23(25)17-29-30-26(31)22-9-5-6-10-24(22)28/h3-17H,2H2,1H3,(H,30,31)/b29-17-. The molecule has 0 fully saturated rings. The molecule has 34 heavy (non-hydrogen) atoms. The van der Waals surface area contributed by atoms with Gasteiger partial charge in [0.25, 0.3) is 5.91 Å². The summed E-state index contributed by atoms with van der Waals surface area (Å²) in [6, 6.07) is 25.3. The van der Waals surface area contributed by atoms with Gasteiger partial charge in [0.15, 0.2) is 0 Å². The maximum atomic E-state index is 12.8. The van der Waals surface area contributed by atoms with Gasteiger partial charge in [-0.3, -0.25) is 4.79 Å². The summed E-state index contributed by atoms with van der Waals surface area (Å²) in [5.74, 6) is 0.191. The maximum absolute atomic E-state index is 12.8. The van der Waals surface area contributed by atoms with Gasteiger partial charge < -0.3 is 9.47 Å². The molecule has 0 atom stereocenters. The van der Waals surface area contributed by atoms with E-state index >= 15 is 0 Å². The normalized spacial score (nSPS) is 10.9. The van der Waals surface area contributed by atoms with Crippen LogP contribution in [0.15, 0.2) is 90.0 Å². The van der Waals surface area contributed by atoms with Crippen molar-refractivity contribution in [1.29, 1.82) is 0 Å². The third-order valence-electron chi connectivity index (χ3n) is 5.01. The summed E-state index contributed by atoms with van der Waals surface area (Å²) >= 11 is 2.10. The third-order valence-corrected chi connectivity index (χ3v) is 5.95. The van der Waals surface area contributed by atoms with Crippen molar-refractivity contribution in [2.75, 3.05) is 6.61 Å². The Hall–Kier alpha value is -3.72. The van der Waals surface area contributed by atoms with E-state index < -0.39 is 5.97 Å². The molecule has 0 unspecified atom stereocenters. The Morgan fingerprint density at radius 1 is 0.941 bits per heavy atom. The molecule has 1 amide bonds. The van der Waals surface area contributed by atoms with E-state index in [9.17, 15) is 9.59 Å². The van der Waals surface area contributed by atoms with E-state index in [4.69, 9.17) is 9.47 Å². The van der Waals surface area contributed by atoms with Gasteiger partial charge >= 0.3 is 5.97 Å². The van der Waals surface area contributed by atoms with Gasteiger partial charge in [-0.2, -0.15) is 5.10 Å². The topological polar surface area (TPSA) is 77.0 Å². The fraction of sp³-hybridized carbons (Fsp3) is 0.0741. The highest BCUT2D eigenvalue weighted by molar-refractivity contribution is 14.1. The number of hydrogen-bond acceptors (Lipinski definition) is 5. The first-order valence-corrected chi connectivity index (χ1v) is 11.7. The predicted octanol–water partition coefficient (Wildman–Crippen LogP) is 5.83. The molecular weight excluding hydrogens is 543 g/mol. The molecule has 0 saturated heterocycles. The van der Waals surface area contributed by atoms with Crippen LogP contribution in [0.5, 0.6) is 11.5 Å². The highest BCUT2D eigenvalue weighted by Gasteiger charge is 2.14. The van der Waals surface area contributed by atoms with Crippen LogP contribution in [0, 0.1) is 3.57 Å². The van der Waals surface area contributed by atoms with Crippen molar-refractivity contribution in [1.82, 2.24) is 5.43 Å². The molecule has 4 aromatic carbocycles. The Kier molecular flexibility index (Phi) is 7.54. The smallest absolute Gasteiger partial charge is 0.343 e. The number of halogens is 1. The van der Waals surface area contributed by atoms with Crippen molar-refractivity contribution >= 4 is 51.5 Å². The number of carbonyl (C=O) groups is 2. The summed E-state index contributed by atoms with van der Waals surface area (Å²) < 4.78 is 12.0. The second-order valence-corrected chi connectivity index (χ2v) is 8.39. The summed E-state index contributed by atoms with van der Waals surface area (Å²) in [6.07, 6.45) is 1.50. The number of amides is 1. The molecule has 0 bridgehead atoms. The van der Waals surface area contributed by atoms with Crippen molar-refractivity contribution in [3.05, 3.63) is 105 Å². The van der Waals surface area contributed by atoms with Crippen molar-refractivity contribution in [3.63, 3.8) is 0 Å². The highest BCUT2D eigenvalue weighted by atomic mass is 127. The largest absolute Gasteiger partial charge is 0.494 e. The van der Waals surface area contributed by atoms with E-state index in [0.29, 0.717) is 34.8 Å². The van der Waals surface area contributed by atoms with Gasteiger partial charge in [0, 0.05) is 9.13 Å². The molecule has 0 spiro atoms. The van der Waals surface area contributed by atoms with Gasteiger partial charge in [-0.15, -0.1) is 0 Å². The van der Waals surface area contributed by atoms with Gasteiger partial charge in [0.2, 0.25) is 0 Å². The SMILES string of the molecule is CCOc1ccc(C(=O)Oc2ccc3ccccc3c2/C=N\NC(=O)c2ccccc2I)cc1. The molecule has 0 aliphatic carbocycles. The lowest BCUT2D eigenvalue weighted by Crippen LogP contribution is -2.19. The molecule has 0 aliphatic rings. The van der Waals surface area contributed by atoms with E-state index in [1.165, 1.54) is 6.21 Å². The maximum Gasteiger partial charge on any atom is 0.343 e. The average molecular weight is 564 g/mol. The Bertz CT molecular complexity index is 1370. The van der Waals surface area contributed by atoms with Crippen molar-refractivity contribution < 1.29 is 19.1 Å². The van der Waals surface area contributed by atoms with Crippen molar-refractivity contribution in [2.45, 2.75) is 6.92 Å². The first-order chi connectivity index (χ1) is 16.6. The Balaban J connectivity index is 1.60. The molecular formula is C27H21IN2O4.